The minimum absolute atomic E-state index is 0.595. The van der Waals surface area contributed by atoms with Gasteiger partial charge < -0.3 is 4.74 Å². The molecule has 0 aliphatic heterocycles. The van der Waals surface area contributed by atoms with Gasteiger partial charge in [0, 0.05) is 14.0 Å². The highest BCUT2D eigenvalue weighted by atomic mass is 19.1. The molecule has 0 aliphatic rings. The summed E-state index contributed by atoms with van der Waals surface area (Å²) in [6, 6.07) is 0. The second-order valence-corrected chi connectivity index (χ2v) is 1.16. The molecule has 0 amide bonds. The number of Topliss-reactive ketones (excluding diaryl/α,β-unsaturated/α-hetero) is 1. The van der Waals surface area contributed by atoms with Crippen molar-refractivity contribution in [3.05, 3.63) is 0 Å². The summed E-state index contributed by atoms with van der Waals surface area (Å²) in [5, 5.41) is 0. The first-order valence-electron chi connectivity index (χ1n) is 1.85. The van der Waals surface area contributed by atoms with Gasteiger partial charge in [0.1, 0.15) is 0 Å². The molecule has 0 saturated carbocycles. The van der Waals surface area contributed by atoms with E-state index in [0.29, 0.717) is 0 Å². The van der Waals surface area contributed by atoms with Crippen molar-refractivity contribution in [3.63, 3.8) is 0 Å². The third kappa shape index (κ3) is 2.28. The van der Waals surface area contributed by atoms with Crippen molar-refractivity contribution in [2.75, 3.05) is 7.11 Å². The zero-order chi connectivity index (χ0) is 5.86. The largest absolute Gasteiger partial charge is 0.346 e. The normalized spacial score (nSPS) is 13.6. The molecule has 0 aromatic rings. The van der Waals surface area contributed by atoms with E-state index in [1.807, 2.05) is 0 Å². The first-order valence-corrected chi connectivity index (χ1v) is 1.85. The van der Waals surface area contributed by atoms with Gasteiger partial charge in [-0.2, -0.15) is 0 Å². The SMILES string of the molecule is COC(F)C(C)=O. The molecule has 7 heavy (non-hydrogen) atoms. The molecule has 0 bridgehead atoms. The fourth-order valence-corrected chi connectivity index (χ4v) is 0.166. The Labute approximate surface area is 41.3 Å². The van der Waals surface area contributed by atoms with Crippen molar-refractivity contribution in [1.82, 2.24) is 0 Å². The molecule has 42 valence electrons. The zero-order valence-corrected chi connectivity index (χ0v) is 4.27. The number of rotatable bonds is 2. The van der Waals surface area contributed by atoms with Crippen LogP contribution in [0.3, 0.4) is 0 Å². The fourth-order valence-electron chi connectivity index (χ4n) is 0.166. The van der Waals surface area contributed by atoms with Crippen LogP contribution < -0.4 is 0 Å². The lowest BCUT2D eigenvalue weighted by atomic mass is 10.5. The van der Waals surface area contributed by atoms with E-state index in [4.69, 9.17) is 0 Å². The third-order valence-electron chi connectivity index (χ3n) is 0.527. The lowest BCUT2D eigenvalue weighted by Crippen LogP contribution is -2.12. The third-order valence-corrected chi connectivity index (χ3v) is 0.527. The average molecular weight is 106 g/mol. The number of hydrogen-bond donors (Lipinski definition) is 0. The van der Waals surface area contributed by atoms with Crippen LogP contribution in [0.15, 0.2) is 0 Å². The van der Waals surface area contributed by atoms with Gasteiger partial charge in [-0.1, -0.05) is 0 Å². The minimum Gasteiger partial charge on any atom is -0.346 e. The van der Waals surface area contributed by atoms with E-state index in [9.17, 15) is 9.18 Å². The van der Waals surface area contributed by atoms with Gasteiger partial charge >= 0.3 is 0 Å². The molecule has 0 N–H and O–H groups in total. The molecule has 0 saturated heterocycles. The molecule has 0 aliphatic carbocycles. The van der Waals surface area contributed by atoms with Crippen molar-refractivity contribution in [2.45, 2.75) is 13.3 Å². The van der Waals surface area contributed by atoms with E-state index in [1.165, 1.54) is 0 Å². The van der Waals surface area contributed by atoms with Gasteiger partial charge in [0.25, 0.3) is 6.36 Å². The van der Waals surface area contributed by atoms with E-state index in [2.05, 4.69) is 4.74 Å². The van der Waals surface area contributed by atoms with Crippen LogP contribution in [0.2, 0.25) is 0 Å². The molecule has 1 unspecified atom stereocenters. The maximum absolute atomic E-state index is 11.7. The summed E-state index contributed by atoms with van der Waals surface area (Å²) in [6.45, 7) is 1.13. The number of alkyl halides is 1. The predicted molar refractivity (Wildman–Crippen MR) is 22.6 cm³/mol. The number of methoxy groups -OCH3 is 1. The lowest BCUT2D eigenvalue weighted by molar-refractivity contribution is -0.136. The first-order chi connectivity index (χ1) is 3.18. The minimum atomic E-state index is -1.74. The highest BCUT2D eigenvalue weighted by molar-refractivity contribution is 5.78. The lowest BCUT2D eigenvalue weighted by Gasteiger charge is -1.96. The van der Waals surface area contributed by atoms with E-state index in [0.717, 1.165) is 14.0 Å². The summed E-state index contributed by atoms with van der Waals surface area (Å²) >= 11 is 0. The van der Waals surface area contributed by atoms with Crippen molar-refractivity contribution in [3.8, 4) is 0 Å². The van der Waals surface area contributed by atoms with Gasteiger partial charge in [-0.15, -0.1) is 0 Å². The Morgan fingerprint density at radius 1 is 1.86 bits per heavy atom. The van der Waals surface area contributed by atoms with Crippen LogP contribution in [0, 0.1) is 0 Å². The molecular weight excluding hydrogens is 99.0 g/mol. The molecule has 0 aromatic carbocycles. The van der Waals surface area contributed by atoms with Gasteiger partial charge in [-0.25, -0.2) is 4.39 Å². The smallest absolute Gasteiger partial charge is 0.257 e. The van der Waals surface area contributed by atoms with Crippen LogP contribution in [0.5, 0.6) is 0 Å². The molecule has 0 heterocycles. The van der Waals surface area contributed by atoms with Crippen molar-refractivity contribution in [1.29, 1.82) is 0 Å². The average Bonchev–Trinajstić information content (AvgIpc) is 1.65. The highest BCUT2D eigenvalue weighted by Crippen LogP contribution is 1.89. The van der Waals surface area contributed by atoms with E-state index in [-0.39, 0.29) is 0 Å². The van der Waals surface area contributed by atoms with E-state index < -0.39 is 12.1 Å². The standard InChI is InChI=1S/C4H7FO2/c1-3(6)4(5)7-2/h4H,1-2H3. The summed E-state index contributed by atoms with van der Waals surface area (Å²) in [7, 11) is 1.14. The Morgan fingerprint density at radius 3 is 2.29 bits per heavy atom. The Bertz CT molecular complexity index is 72.1. The van der Waals surface area contributed by atoms with Gasteiger partial charge in [-0.05, 0) is 0 Å². The summed E-state index contributed by atoms with van der Waals surface area (Å²) < 4.78 is 15.7. The second kappa shape index (κ2) is 2.69. The molecule has 0 spiro atoms. The van der Waals surface area contributed by atoms with Crippen LogP contribution in [0.4, 0.5) is 4.39 Å². The number of ether oxygens (including phenoxy) is 1. The Morgan fingerprint density at radius 2 is 2.29 bits per heavy atom. The summed E-state index contributed by atoms with van der Waals surface area (Å²) in [4.78, 5) is 9.87. The molecule has 1 atom stereocenters. The summed E-state index contributed by atoms with van der Waals surface area (Å²) in [6.07, 6.45) is -1.74. The maximum Gasteiger partial charge on any atom is 0.257 e. The maximum atomic E-state index is 11.7. The van der Waals surface area contributed by atoms with Crippen LogP contribution in [-0.4, -0.2) is 19.3 Å². The summed E-state index contributed by atoms with van der Waals surface area (Å²) in [5.41, 5.74) is 0. The second-order valence-electron chi connectivity index (χ2n) is 1.16. The molecule has 2 nitrogen and oxygen atoms in total. The van der Waals surface area contributed by atoms with Gasteiger partial charge in [0.2, 0.25) is 0 Å². The molecule has 3 heteroatoms. The topological polar surface area (TPSA) is 26.3 Å². The Balaban J connectivity index is 3.34. The molecule has 0 radical (unpaired) electrons. The molecule has 0 aromatic heterocycles. The number of ketones is 1. The number of halogens is 1. The Kier molecular flexibility index (Phi) is 2.52. The van der Waals surface area contributed by atoms with Gasteiger partial charge in [-0.3, -0.25) is 4.79 Å². The fraction of sp³-hybridized carbons (Fsp3) is 0.750. The van der Waals surface area contributed by atoms with Gasteiger partial charge in [0.15, 0.2) is 5.78 Å². The summed E-state index contributed by atoms with van der Waals surface area (Å²) in [5.74, 6) is -0.595. The van der Waals surface area contributed by atoms with Crippen molar-refractivity contribution < 1.29 is 13.9 Å². The monoisotopic (exact) mass is 106 g/mol. The van der Waals surface area contributed by atoms with Gasteiger partial charge in [0.05, 0.1) is 0 Å². The van der Waals surface area contributed by atoms with Crippen LogP contribution in [0.25, 0.3) is 0 Å². The first kappa shape index (κ1) is 6.56. The van der Waals surface area contributed by atoms with Crippen LogP contribution in [-0.2, 0) is 9.53 Å². The predicted octanol–water partition coefficient (Wildman–Crippen LogP) is 0.517. The highest BCUT2D eigenvalue weighted by Gasteiger charge is 2.07. The zero-order valence-electron chi connectivity index (χ0n) is 4.27. The molecule has 0 rings (SSSR count). The molecule has 0 fully saturated rings. The number of carbonyl (C=O) groups is 1. The van der Waals surface area contributed by atoms with Crippen LogP contribution >= 0.6 is 0 Å². The number of carbonyl (C=O) groups excluding carboxylic acids is 1. The molecular formula is C4H7FO2. The number of hydrogen-bond acceptors (Lipinski definition) is 2. The Hall–Kier alpha value is -0.440. The van der Waals surface area contributed by atoms with E-state index >= 15 is 0 Å². The van der Waals surface area contributed by atoms with Crippen molar-refractivity contribution >= 4 is 5.78 Å². The quantitative estimate of drug-likeness (QED) is 0.513. The van der Waals surface area contributed by atoms with Crippen LogP contribution in [0.1, 0.15) is 6.92 Å². The van der Waals surface area contributed by atoms with Crippen molar-refractivity contribution in [2.24, 2.45) is 0 Å². The van der Waals surface area contributed by atoms with E-state index in [1.54, 1.807) is 0 Å².